The Morgan fingerprint density at radius 3 is 1.68 bits per heavy atom. The van der Waals surface area contributed by atoms with Gasteiger partial charge in [-0.25, -0.2) is 0 Å². The molecule has 0 amide bonds. The minimum Gasteiger partial charge on any atom is -0.396 e. The highest BCUT2D eigenvalue weighted by Gasteiger charge is 1.87. The van der Waals surface area contributed by atoms with Gasteiger partial charge in [-0.15, -0.1) is 0 Å². The lowest BCUT2D eigenvalue weighted by atomic mass is 10.1. The Morgan fingerprint density at radius 2 is 1.36 bits per heavy atom. The molecule has 0 fully saturated rings. The molecule has 2 nitrogen and oxygen atoms in total. The van der Waals surface area contributed by atoms with Crippen molar-refractivity contribution >= 4 is 0 Å². The van der Waals surface area contributed by atoms with Crippen molar-refractivity contribution in [1.29, 1.82) is 0 Å². The van der Waals surface area contributed by atoms with E-state index in [9.17, 15) is 0 Å². The van der Waals surface area contributed by atoms with E-state index >= 15 is 0 Å². The molecule has 0 atom stereocenters. The summed E-state index contributed by atoms with van der Waals surface area (Å²) < 4.78 is 0. The van der Waals surface area contributed by atoms with Gasteiger partial charge >= 0.3 is 0 Å². The third-order valence-corrected chi connectivity index (χ3v) is 3.16. The molecule has 2 heteroatoms. The van der Waals surface area contributed by atoms with Crippen LogP contribution in [0.25, 0.3) is 0 Å². The van der Waals surface area contributed by atoms with E-state index < -0.39 is 0 Å². The van der Waals surface area contributed by atoms with Crippen LogP contribution in [0.3, 0.4) is 0 Å². The Labute approximate surface area is 138 Å². The highest BCUT2D eigenvalue weighted by atomic mass is 16.3. The predicted molar refractivity (Wildman–Crippen MR) is 98.2 cm³/mol. The van der Waals surface area contributed by atoms with Crippen molar-refractivity contribution in [2.24, 2.45) is 5.92 Å². The van der Waals surface area contributed by atoms with Gasteiger partial charge in [-0.05, 0) is 25.7 Å². The fraction of sp³-hybridized carbons (Fsp3) is 0.700. The highest BCUT2D eigenvalue weighted by molar-refractivity contribution is 5.11. The maximum Gasteiger partial charge on any atom is 0.0433 e. The summed E-state index contributed by atoms with van der Waals surface area (Å²) in [6.45, 7) is 9.18. The van der Waals surface area contributed by atoms with E-state index in [0.29, 0.717) is 19.1 Å². The van der Waals surface area contributed by atoms with Gasteiger partial charge in [-0.1, -0.05) is 88.8 Å². The summed E-state index contributed by atoms with van der Waals surface area (Å²) in [5.41, 5.74) is 1.32. The second-order valence-corrected chi connectivity index (χ2v) is 6.05. The van der Waals surface area contributed by atoms with Gasteiger partial charge in [0, 0.05) is 13.2 Å². The van der Waals surface area contributed by atoms with Crippen LogP contribution >= 0.6 is 0 Å². The Kier molecular flexibility index (Phi) is 21.4. The van der Waals surface area contributed by atoms with E-state index in [2.05, 4.69) is 39.8 Å². The third kappa shape index (κ3) is 24.2. The number of hydrogen-bond donors (Lipinski definition) is 2. The number of hydrogen-bond acceptors (Lipinski definition) is 2. The van der Waals surface area contributed by atoms with Gasteiger partial charge in [0.15, 0.2) is 0 Å². The van der Waals surface area contributed by atoms with E-state index in [0.717, 1.165) is 12.8 Å². The molecule has 1 aromatic carbocycles. The predicted octanol–water partition coefficient (Wildman–Crippen LogP) is 5.36. The summed E-state index contributed by atoms with van der Waals surface area (Å²) in [7, 11) is 0. The van der Waals surface area contributed by atoms with Gasteiger partial charge in [0.25, 0.3) is 0 Å². The Hall–Kier alpha value is -0.860. The van der Waals surface area contributed by atoms with E-state index in [1.165, 1.54) is 37.7 Å². The number of benzene rings is 1. The number of aliphatic hydroxyl groups excluding tert-OH is 2. The van der Waals surface area contributed by atoms with Crippen LogP contribution in [0.15, 0.2) is 30.3 Å². The Morgan fingerprint density at radius 1 is 0.818 bits per heavy atom. The maximum absolute atomic E-state index is 8.42. The molecule has 0 heterocycles. The molecule has 0 aliphatic carbocycles. The zero-order valence-electron chi connectivity index (χ0n) is 15.2. The highest BCUT2D eigenvalue weighted by Crippen LogP contribution is 2.03. The SMILES string of the molecule is CC(C)CCO.CCCCCCCCO.Cc1ccccc1. The fourth-order valence-electron chi connectivity index (χ4n) is 1.68. The van der Waals surface area contributed by atoms with Gasteiger partial charge in [0.2, 0.25) is 0 Å². The molecule has 1 aromatic rings. The molecule has 1 rings (SSSR count). The molecule has 0 saturated carbocycles. The van der Waals surface area contributed by atoms with Crippen LogP contribution in [0.2, 0.25) is 0 Å². The molecule has 130 valence electrons. The quantitative estimate of drug-likeness (QED) is 0.635. The lowest BCUT2D eigenvalue weighted by molar-refractivity contribution is 0.268. The first kappa shape index (κ1) is 23.4. The summed E-state index contributed by atoms with van der Waals surface area (Å²) in [6, 6.07) is 10.3. The summed E-state index contributed by atoms with van der Waals surface area (Å²) in [5.74, 6) is 0.648. The summed E-state index contributed by atoms with van der Waals surface area (Å²) in [5, 5.41) is 16.7. The summed E-state index contributed by atoms with van der Waals surface area (Å²) >= 11 is 0. The molecular weight excluding hydrogens is 272 g/mol. The monoisotopic (exact) mass is 310 g/mol. The first-order chi connectivity index (χ1) is 10.6. The Balaban J connectivity index is 0. The summed E-state index contributed by atoms with van der Waals surface area (Å²) in [4.78, 5) is 0. The van der Waals surface area contributed by atoms with Crippen LogP contribution in [-0.4, -0.2) is 23.4 Å². The molecule has 0 radical (unpaired) electrons. The standard InChI is InChI=1S/C8H18O.C7H8.C5H12O/c1-2-3-4-5-6-7-8-9;1-7-5-3-2-4-6-7;1-5(2)3-4-6/h9H,2-8H2,1H3;2-6H,1H3;5-6H,3-4H2,1-2H3. The summed E-state index contributed by atoms with van der Waals surface area (Å²) in [6.07, 6.45) is 8.43. The first-order valence-corrected chi connectivity index (χ1v) is 8.81. The molecule has 0 spiro atoms. The van der Waals surface area contributed by atoms with Crippen molar-refractivity contribution in [1.82, 2.24) is 0 Å². The van der Waals surface area contributed by atoms with Crippen molar-refractivity contribution in [3.05, 3.63) is 35.9 Å². The molecule has 0 saturated heterocycles. The largest absolute Gasteiger partial charge is 0.396 e. The zero-order chi connectivity index (χ0) is 17.1. The second-order valence-electron chi connectivity index (χ2n) is 6.05. The van der Waals surface area contributed by atoms with Gasteiger partial charge in [-0.3, -0.25) is 0 Å². The van der Waals surface area contributed by atoms with Gasteiger partial charge in [-0.2, -0.15) is 0 Å². The molecule has 2 N–H and O–H groups in total. The van der Waals surface area contributed by atoms with Crippen LogP contribution in [0.5, 0.6) is 0 Å². The number of rotatable bonds is 8. The molecule has 0 unspecified atom stereocenters. The Bertz CT molecular complexity index is 277. The molecule has 0 bridgehead atoms. The molecule has 0 aliphatic heterocycles. The number of aryl methyl sites for hydroxylation is 1. The van der Waals surface area contributed by atoms with E-state index in [4.69, 9.17) is 10.2 Å². The lowest BCUT2D eigenvalue weighted by Gasteiger charge is -1.95. The molecule has 0 aliphatic rings. The van der Waals surface area contributed by atoms with Gasteiger partial charge < -0.3 is 10.2 Å². The van der Waals surface area contributed by atoms with E-state index in [1.54, 1.807) is 0 Å². The smallest absolute Gasteiger partial charge is 0.0433 e. The van der Waals surface area contributed by atoms with Gasteiger partial charge in [0.05, 0.1) is 0 Å². The van der Waals surface area contributed by atoms with Crippen molar-refractivity contribution in [3.8, 4) is 0 Å². The van der Waals surface area contributed by atoms with Crippen LogP contribution in [0, 0.1) is 12.8 Å². The minimum atomic E-state index is 0.331. The van der Waals surface area contributed by atoms with Crippen molar-refractivity contribution in [2.75, 3.05) is 13.2 Å². The minimum absolute atomic E-state index is 0.331. The van der Waals surface area contributed by atoms with E-state index in [1.807, 2.05) is 18.2 Å². The van der Waals surface area contributed by atoms with Crippen LogP contribution in [-0.2, 0) is 0 Å². The fourth-order valence-corrected chi connectivity index (χ4v) is 1.68. The van der Waals surface area contributed by atoms with Crippen LogP contribution in [0.4, 0.5) is 0 Å². The van der Waals surface area contributed by atoms with Gasteiger partial charge in [0.1, 0.15) is 0 Å². The lowest BCUT2D eigenvalue weighted by Crippen LogP contribution is -1.89. The molecule has 22 heavy (non-hydrogen) atoms. The molecule has 0 aromatic heterocycles. The number of unbranched alkanes of at least 4 members (excludes halogenated alkanes) is 5. The topological polar surface area (TPSA) is 40.5 Å². The molecular formula is C20H38O2. The average molecular weight is 311 g/mol. The zero-order valence-corrected chi connectivity index (χ0v) is 15.2. The first-order valence-electron chi connectivity index (χ1n) is 8.81. The van der Waals surface area contributed by atoms with Crippen LogP contribution < -0.4 is 0 Å². The van der Waals surface area contributed by atoms with Crippen molar-refractivity contribution in [2.45, 2.75) is 72.6 Å². The van der Waals surface area contributed by atoms with Crippen LogP contribution in [0.1, 0.15) is 71.3 Å². The number of aliphatic hydroxyl groups is 2. The van der Waals surface area contributed by atoms with E-state index in [-0.39, 0.29) is 0 Å². The second kappa shape index (κ2) is 20.1. The normalized spacial score (nSPS) is 9.59. The van der Waals surface area contributed by atoms with Crippen molar-refractivity contribution in [3.63, 3.8) is 0 Å². The maximum atomic E-state index is 8.42. The average Bonchev–Trinajstić information content (AvgIpc) is 2.49. The van der Waals surface area contributed by atoms with Crippen molar-refractivity contribution < 1.29 is 10.2 Å². The third-order valence-electron chi connectivity index (χ3n) is 3.16.